The van der Waals surface area contributed by atoms with Gasteiger partial charge in [0.05, 0.1) is 0 Å². The zero-order chi connectivity index (χ0) is 34.5. The molecule has 0 atom stereocenters. The van der Waals surface area contributed by atoms with Crippen molar-refractivity contribution >= 4 is 13.2 Å². The van der Waals surface area contributed by atoms with Gasteiger partial charge in [-0.1, -0.05) is 0 Å². The van der Waals surface area contributed by atoms with E-state index in [1.165, 1.54) is 135 Å². The molecule has 0 unspecified atom stereocenters. The van der Waals surface area contributed by atoms with Crippen LogP contribution in [0.3, 0.4) is 0 Å². The molecule has 0 saturated heterocycles. The zero-order valence-corrected chi connectivity index (χ0v) is 34.5. The molecule has 4 heteroatoms. The quantitative estimate of drug-likeness (QED) is 0.0503. The average Bonchev–Trinajstić information content (AvgIpc) is 3.00. The number of rotatable bonds is 34. The molecule has 0 aliphatic rings. The van der Waals surface area contributed by atoms with Crippen LogP contribution in [-0.2, 0) is 4.79 Å². The Kier molecular flexibility index (Phi) is 30.8. The van der Waals surface area contributed by atoms with Gasteiger partial charge in [-0.25, -0.2) is 0 Å². The van der Waals surface area contributed by atoms with Gasteiger partial charge in [0.2, 0.25) is 0 Å². The van der Waals surface area contributed by atoms with Crippen LogP contribution in [0.4, 0.5) is 0 Å². The van der Waals surface area contributed by atoms with Crippen LogP contribution in [0, 0.1) is 17.8 Å². The molecule has 0 aliphatic carbocycles. The number of nitrogens with zero attached hydrogens (tertiary/aromatic N) is 2. The van der Waals surface area contributed by atoms with Gasteiger partial charge in [-0.3, -0.25) is 0 Å². The molecule has 46 heavy (non-hydrogen) atoms. The summed E-state index contributed by atoms with van der Waals surface area (Å²) in [5, 5.41) is 0. The van der Waals surface area contributed by atoms with Crippen molar-refractivity contribution in [2.75, 3.05) is 57.4 Å². The van der Waals surface area contributed by atoms with Crippen molar-refractivity contribution in [1.29, 1.82) is 0 Å². The van der Waals surface area contributed by atoms with Crippen molar-refractivity contribution in [3.8, 4) is 0 Å². The first kappa shape index (κ1) is 45.9. The van der Waals surface area contributed by atoms with Gasteiger partial charge < -0.3 is 0 Å². The number of hydrogen-bond donors (Lipinski definition) is 0. The molecule has 0 spiro atoms. The second kappa shape index (κ2) is 30.9. The van der Waals surface area contributed by atoms with Gasteiger partial charge in [-0.15, -0.1) is 0 Å². The monoisotopic (exact) mass is 669 g/mol. The molecule has 0 heterocycles. The van der Waals surface area contributed by atoms with E-state index < -0.39 is 7.26 Å². The van der Waals surface area contributed by atoms with E-state index in [2.05, 4.69) is 72.1 Å². The molecule has 0 saturated carbocycles. The Morgan fingerprint density at radius 1 is 0.478 bits per heavy atom. The summed E-state index contributed by atoms with van der Waals surface area (Å²) in [5.74, 6) is 2.08. The van der Waals surface area contributed by atoms with Crippen LogP contribution >= 0.6 is 7.26 Å². The molecule has 0 radical (unpaired) electrons. The zero-order valence-electron chi connectivity index (χ0n) is 33.5. The Balaban J connectivity index is 5.67. The van der Waals surface area contributed by atoms with Crippen molar-refractivity contribution in [1.82, 2.24) is 9.80 Å². The van der Waals surface area contributed by atoms with Crippen LogP contribution in [0.1, 0.15) is 191 Å². The summed E-state index contributed by atoms with van der Waals surface area (Å²) in [6, 6.07) is 0. The molecule has 0 aromatic heterocycles. The predicted octanol–water partition coefficient (Wildman–Crippen LogP) is 12.7. The van der Waals surface area contributed by atoms with Gasteiger partial charge in [0.1, 0.15) is 0 Å². The molecule has 0 fully saturated rings. The van der Waals surface area contributed by atoms with Gasteiger partial charge >= 0.3 is 294 Å². The molecule has 0 aromatic carbocycles. The molecular weight excluding hydrogens is 579 g/mol. The summed E-state index contributed by atoms with van der Waals surface area (Å²) in [5.41, 5.74) is 0. The molecule has 0 aliphatic heterocycles. The standard InChI is InChI=1S/C42H89N2OP/c1-10-13-16-19-22-25-32-46(33-26-23-20-17-14-11-2,34-27-24-21-18-15-12-3)35-28-30-43(31-29-39(4)5)38-42(45)44(36-40(6)7)37-41(8)9/h39-41,46H,10-38H2,1-9H3. The molecule has 1 amide bonds. The summed E-state index contributed by atoms with van der Waals surface area (Å²) >= 11 is 0. The normalized spacial score (nSPS) is 12.7. The number of hydrogen-bond acceptors (Lipinski definition) is 2. The molecule has 3 nitrogen and oxygen atoms in total. The Morgan fingerprint density at radius 2 is 0.848 bits per heavy atom. The van der Waals surface area contributed by atoms with E-state index >= 15 is 0 Å². The van der Waals surface area contributed by atoms with Crippen molar-refractivity contribution in [2.24, 2.45) is 17.8 Å². The average molecular weight is 669 g/mol. The predicted molar refractivity (Wildman–Crippen MR) is 215 cm³/mol. The van der Waals surface area contributed by atoms with Gasteiger partial charge in [-0.05, 0) is 0 Å². The molecule has 278 valence electrons. The molecule has 0 aromatic rings. The van der Waals surface area contributed by atoms with Crippen LogP contribution in [0.2, 0.25) is 0 Å². The van der Waals surface area contributed by atoms with E-state index in [9.17, 15) is 4.79 Å². The first-order chi connectivity index (χ1) is 22.1. The summed E-state index contributed by atoms with van der Waals surface area (Å²) in [6.07, 6.45) is 34.4. The van der Waals surface area contributed by atoms with Crippen molar-refractivity contribution < 1.29 is 4.79 Å². The van der Waals surface area contributed by atoms with Crippen LogP contribution < -0.4 is 0 Å². The minimum absolute atomic E-state index is 0.362. The number of unbranched alkanes of at least 4 members (excludes halogenated alkanes) is 15. The summed E-state index contributed by atoms with van der Waals surface area (Å²) < 4.78 is 0. The fourth-order valence-corrected chi connectivity index (χ4v) is 12.8. The van der Waals surface area contributed by atoms with Crippen molar-refractivity contribution in [2.45, 2.75) is 191 Å². The van der Waals surface area contributed by atoms with Crippen LogP contribution in [-0.4, -0.2) is 73.1 Å². The van der Waals surface area contributed by atoms with Gasteiger partial charge in [0.25, 0.3) is 0 Å². The Bertz CT molecular complexity index is 613. The van der Waals surface area contributed by atoms with Crippen molar-refractivity contribution in [3.63, 3.8) is 0 Å². The van der Waals surface area contributed by atoms with E-state index in [0.717, 1.165) is 26.2 Å². The maximum absolute atomic E-state index is 13.7. The summed E-state index contributed by atoms with van der Waals surface area (Å²) in [6.45, 7) is 25.3. The van der Waals surface area contributed by atoms with Crippen LogP contribution in [0.15, 0.2) is 0 Å². The number of carbonyl (C=O) groups is 1. The summed E-state index contributed by atoms with van der Waals surface area (Å²) in [4.78, 5) is 18.4. The van der Waals surface area contributed by atoms with Gasteiger partial charge in [0, 0.05) is 0 Å². The fourth-order valence-electron chi connectivity index (χ4n) is 7.43. The van der Waals surface area contributed by atoms with Gasteiger partial charge in [0.15, 0.2) is 0 Å². The first-order valence-electron chi connectivity index (χ1n) is 21.1. The minimum atomic E-state index is -1.34. The topological polar surface area (TPSA) is 23.6 Å². The van der Waals surface area contributed by atoms with Gasteiger partial charge in [-0.2, -0.15) is 0 Å². The van der Waals surface area contributed by atoms with Crippen LogP contribution in [0.5, 0.6) is 0 Å². The third kappa shape index (κ3) is 26.8. The third-order valence-corrected chi connectivity index (χ3v) is 15.9. The van der Waals surface area contributed by atoms with Crippen molar-refractivity contribution in [3.05, 3.63) is 0 Å². The summed E-state index contributed by atoms with van der Waals surface area (Å²) in [7, 11) is -1.34. The molecule has 0 rings (SSSR count). The first-order valence-corrected chi connectivity index (χ1v) is 23.9. The van der Waals surface area contributed by atoms with Crippen LogP contribution in [0.25, 0.3) is 0 Å². The Morgan fingerprint density at radius 3 is 1.22 bits per heavy atom. The van der Waals surface area contributed by atoms with E-state index in [4.69, 9.17) is 0 Å². The second-order valence-electron chi connectivity index (χ2n) is 16.7. The molecule has 0 bridgehead atoms. The Hall–Kier alpha value is -0.140. The van der Waals surface area contributed by atoms with E-state index in [0.29, 0.717) is 30.2 Å². The molecular formula is C42H89N2OP. The van der Waals surface area contributed by atoms with E-state index in [-0.39, 0.29) is 0 Å². The number of carbonyl (C=O) groups excluding carboxylic acids is 1. The SMILES string of the molecule is CCCCCCCC[PH](CCCCCCCC)(CCCCCCCC)CCCN(CCC(C)C)CC(=O)N(CC(C)C)CC(C)C. The second-order valence-corrected chi connectivity index (χ2v) is 21.7. The van der Waals surface area contributed by atoms with E-state index in [1.54, 1.807) is 18.5 Å². The fraction of sp³-hybridized carbons (Fsp3) is 0.976. The number of amides is 1. The molecule has 0 N–H and O–H groups in total. The maximum atomic E-state index is 13.7. The Labute approximate surface area is 292 Å². The third-order valence-electron chi connectivity index (χ3n) is 10.3. The van der Waals surface area contributed by atoms with E-state index in [1.807, 2.05) is 0 Å².